The molecule has 5 nitrogen and oxygen atoms in total. The van der Waals surface area contributed by atoms with Gasteiger partial charge in [-0.1, -0.05) is 30.3 Å². The predicted octanol–water partition coefficient (Wildman–Crippen LogP) is 2.81. The minimum Gasteiger partial charge on any atom is -0.508 e. The first-order chi connectivity index (χ1) is 10.6. The fraction of sp³-hybridized carbons (Fsp3) is 0.176. The number of rotatable bonds is 5. The van der Waals surface area contributed by atoms with Crippen molar-refractivity contribution in [3.8, 4) is 5.75 Å². The number of hydrogen-bond donors (Lipinski definition) is 2. The Balaban J connectivity index is 2.03. The first kappa shape index (κ1) is 14.1. The molecule has 5 heteroatoms. The molecule has 1 heterocycles. The topological polar surface area (TPSA) is 75.3 Å². The van der Waals surface area contributed by atoms with Gasteiger partial charge in [-0.3, -0.25) is 4.79 Å². The second kappa shape index (κ2) is 5.89. The number of aromatic nitrogens is 2. The van der Waals surface area contributed by atoms with Crippen LogP contribution < -0.4 is 0 Å². The maximum Gasteiger partial charge on any atom is 0.303 e. The second-order valence-corrected chi connectivity index (χ2v) is 5.17. The van der Waals surface area contributed by atoms with Crippen molar-refractivity contribution in [2.24, 2.45) is 0 Å². The summed E-state index contributed by atoms with van der Waals surface area (Å²) >= 11 is 0. The van der Waals surface area contributed by atoms with E-state index in [-0.39, 0.29) is 12.2 Å². The van der Waals surface area contributed by atoms with E-state index in [2.05, 4.69) is 4.98 Å². The third-order valence-electron chi connectivity index (χ3n) is 3.56. The van der Waals surface area contributed by atoms with E-state index >= 15 is 0 Å². The number of benzene rings is 2. The zero-order valence-electron chi connectivity index (χ0n) is 11.9. The Bertz CT molecular complexity index is 809. The molecule has 2 N–H and O–H groups in total. The summed E-state index contributed by atoms with van der Waals surface area (Å²) in [5, 5.41) is 18.5. The van der Waals surface area contributed by atoms with Gasteiger partial charge in [-0.25, -0.2) is 4.98 Å². The molecule has 0 aliphatic rings. The number of nitrogens with zero attached hydrogens (tertiary/aromatic N) is 2. The number of aryl methyl sites for hydroxylation is 1. The summed E-state index contributed by atoms with van der Waals surface area (Å²) in [6, 6.07) is 15.0. The normalized spacial score (nSPS) is 10.9. The standard InChI is InChI=1S/C17H16N2O3/c20-13-6-7-15-14(10-13)18-16(8-9-17(21)22)19(15)11-12-4-2-1-3-5-12/h1-7,10,20H,8-9,11H2,(H,21,22). The van der Waals surface area contributed by atoms with Gasteiger partial charge < -0.3 is 14.8 Å². The summed E-state index contributed by atoms with van der Waals surface area (Å²) in [5.74, 6) is 0.0228. The number of aromatic hydroxyl groups is 1. The van der Waals surface area contributed by atoms with E-state index in [0.29, 0.717) is 24.3 Å². The molecule has 0 aliphatic carbocycles. The highest BCUT2D eigenvalue weighted by Gasteiger charge is 2.13. The smallest absolute Gasteiger partial charge is 0.303 e. The average molecular weight is 296 g/mol. The highest BCUT2D eigenvalue weighted by molar-refractivity contribution is 5.78. The SMILES string of the molecule is O=C(O)CCc1nc2cc(O)ccc2n1Cc1ccccc1. The number of hydrogen-bond acceptors (Lipinski definition) is 3. The molecule has 0 aliphatic heterocycles. The fourth-order valence-electron chi connectivity index (χ4n) is 2.52. The summed E-state index contributed by atoms with van der Waals surface area (Å²) in [6.07, 6.45) is 0.391. The Labute approximate surface area is 127 Å². The zero-order valence-corrected chi connectivity index (χ0v) is 11.9. The Morgan fingerprint density at radius 1 is 1.14 bits per heavy atom. The van der Waals surface area contributed by atoms with Crippen molar-refractivity contribution in [2.45, 2.75) is 19.4 Å². The number of carboxylic acid groups (broad SMARTS) is 1. The molecule has 0 atom stereocenters. The molecule has 0 bridgehead atoms. The van der Waals surface area contributed by atoms with Crippen LogP contribution in [0.25, 0.3) is 11.0 Å². The van der Waals surface area contributed by atoms with Gasteiger partial charge >= 0.3 is 5.97 Å². The first-order valence-electron chi connectivity index (χ1n) is 7.07. The molecular formula is C17H16N2O3. The average Bonchev–Trinajstić information content (AvgIpc) is 2.83. The second-order valence-electron chi connectivity index (χ2n) is 5.17. The third-order valence-corrected chi connectivity index (χ3v) is 3.56. The van der Waals surface area contributed by atoms with Crippen LogP contribution in [0.3, 0.4) is 0 Å². The van der Waals surface area contributed by atoms with Crippen LogP contribution >= 0.6 is 0 Å². The molecule has 1 aromatic heterocycles. The lowest BCUT2D eigenvalue weighted by Gasteiger charge is -2.09. The Morgan fingerprint density at radius 3 is 2.64 bits per heavy atom. The van der Waals surface area contributed by atoms with Crippen molar-refractivity contribution in [3.05, 3.63) is 59.9 Å². The van der Waals surface area contributed by atoms with Crippen molar-refractivity contribution in [1.82, 2.24) is 9.55 Å². The van der Waals surface area contributed by atoms with Crippen LogP contribution in [0.5, 0.6) is 5.75 Å². The molecule has 0 saturated heterocycles. The molecule has 0 saturated carbocycles. The minimum atomic E-state index is -0.846. The van der Waals surface area contributed by atoms with Gasteiger partial charge in [-0.05, 0) is 17.7 Å². The monoisotopic (exact) mass is 296 g/mol. The summed E-state index contributed by atoms with van der Waals surface area (Å²) in [5.41, 5.74) is 2.69. The number of phenolic OH excluding ortho intramolecular Hbond substituents is 1. The summed E-state index contributed by atoms with van der Waals surface area (Å²) < 4.78 is 2.01. The Hall–Kier alpha value is -2.82. The molecule has 22 heavy (non-hydrogen) atoms. The molecule has 3 rings (SSSR count). The molecular weight excluding hydrogens is 280 g/mol. The predicted molar refractivity (Wildman–Crippen MR) is 82.9 cm³/mol. The van der Waals surface area contributed by atoms with E-state index in [0.717, 1.165) is 11.1 Å². The van der Waals surface area contributed by atoms with E-state index in [1.165, 1.54) is 0 Å². The van der Waals surface area contributed by atoms with E-state index in [9.17, 15) is 9.90 Å². The van der Waals surface area contributed by atoms with Crippen molar-refractivity contribution in [1.29, 1.82) is 0 Å². The molecule has 0 spiro atoms. The van der Waals surface area contributed by atoms with E-state index in [4.69, 9.17) is 5.11 Å². The number of phenols is 1. The number of aliphatic carboxylic acids is 1. The number of carboxylic acids is 1. The van der Waals surface area contributed by atoms with E-state index < -0.39 is 5.97 Å². The largest absolute Gasteiger partial charge is 0.508 e. The highest BCUT2D eigenvalue weighted by Crippen LogP contribution is 2.23. The molecule has 2 aromatic carbocycles. The van der Waals surface area contributed by atoms with Crippen LogP contribution in [0.15, 0.2) is 48.5 Å². The van der Waals surface area contributed by atoms with Crippen LogP contribution in [0.4, 0.5) is 0 Å². The zero-order chi connectivity index (χ0) is 15.5. The summed E-state index contributed by atoms with van der Waals surface area (Å²) in [4.78, 5) is 15.3. The van der Waals surface area contributed by atoms with Crippen LogP contribution in [0.2, 0.25) is 0 Å². The molecule has 0 amide bonds. The Kier molecular flexibility index (Phi) is 3.78. The van der Waals surface area contributed by atoms with Gasteiger partial charge in [0, 0.05) is 19.0 Å². The van der Waals surface area contributed by atoms with Gasteiger partial charge in [0.05, 0.1) is 17.5 Å². The lowest BCUT2D eigenvalue weighted by atomic mass is 10.2. The molecule has 0 unspecified atom stereocenters. The number of fused-ring (bicyclic) bond motifs is 1. The summed E-state index contributed by atoms with van der Waals surface area (Å²) in [6.45, 7) is 0.622. The van der Waals surface area contributed by atoms with Gasteiger partial charge in [-0.15, -0.1) is 0 Å². The van der Waals surface area contributed by atoms with Crippen molar-refractivity contribution < 1.29 is 15.0 Å². The lowest BCUT2D eigenvalue weighted by molar-refractivity contribution is -0.137. The van der Waals surface area contributed by atoms with Gasteiger partial charge in [0.15, 0.2) is 0 Å². The van der Waals surface area contributed by atoms with Gasteiger partial charge in [0.1, 0.15) is 11.6 Å². The Morgan fingerprint density at radius 2 is 1.91 bits per heavy atom. The first-order valence-corrected chi connectivity index (χ1v) is 7.07. The van der Waals surface area contributed by atoms with Gasteiger partial charge in [0.2, 0.25) is 0 Å². The molecule has 0 radical (unpaired) electrons. The highest BCUT2D eigenvalue weighted by atomic mass is 16.4. The van der Waals surface area contributed by atoms with Crippen molar-refractivity contribution >= 4 is 17.0 Å². The van der Waals surface area contributed by atoms with Crippen LogP contribution in [-0.2, 0) is 17.8 Å². The van der Waals surface area contributed by atoms with Crippen LogP contribution in [0, 0.1) is 0 Å². The number of carbonyl (C=O) groups is 1. The van der Waals surface area contributed by atoms with Crippen LogP contribution in [-0.4, -0.2) is 25.7 Å². The van der Waals surface area contributed by atoms with Crippen LogP contribution in [0.1, 0.15) is 17.8 Å². The van der Waals surface area contributed by atoms with Crippen molar-refractivity contribution in [2.75, 3.05) is 0 Å². The fourth-order valence-corrected chi connectivity index (χ4v) is 2.52. The molecule has 112 valence electrons. The van der Waals surface area contributed by atoms with Gasteiger partial charge in [-0.2, -0.15) is 0 Å². The summed E-state index contributed by atoms with van der Waals surface area (Å²) in [7, 11) is 0. The van der Waals surface area contributed by atoms with E-state index in [1.54, 1.807) is 12.1 Å². The maximum absolute atomic E-state index is 10.8. The van der Waals surface area contributed by atoms with Gasteiger partial charge in [0.25, 0.3) is 0 Å². The number of imidazole rings is 1. The van der Waals surface area contributed by atoms with E-state index in [1.807, 2.05) is 41.0 Å². The third kappa shape index (κ3) is 2.93. The maximum atomic E-state index is 10.8. The lowest BCUT2D eigenvalue weighted by Crippen LogP contribution is -2.07. The quantitative estimate of drug-likeness (QED) is 0.759. The minimum absolute atomic E-state index is 0.0318. The van der Waals surface area contributed by atoms with Crippen molar-refractivity contribution in [3.63, 3.8) is 0 Å². The molecule has 3 aromatic rings. The molecule has 0 fully saturated rings.